The van der Waals surface area contributed by atoms with E-state index >= 15 is 0 Å². The van der Waals surface area contributed by atoms with Crippen LogP contribution in [0.5, 0.6) is 17.4 Å². The minimum atomic E-state index is -0.0274. The Hall–Kier alpha value is -3.82. The highest BCUT2D eigenvalue weighted by molar-refractivity contribution is 6.36. The van der Waals surface area contributed by atoms with Gasteiger partial charge in [0.25, 0.3) is 0 Å². The fourth-order valence-electron chi connectivity index (χ4n) is 3.92. The third-order valence-electron chi connectivity index (χ3n) is 5.58. The number of rotatable bonds is 7. The number of aliphatic hydroxyl groups is 1. The molecule has 9 nitrogen and oxygen atoms in total. The van der Waals surface area contributed by atoms with Gasteiger partial charge in [0.15, 0.2) is 17.3 Å². The van der Waals surface area contributed by atoms with E-state index in [2.05, 4.69) is 20.4 Å². The monoisotopic (exact) mass is 493 g/mol. The van der Waals surface area contributed by atoms with Crippen LogP contribution in [0.4, 0.5) is 11.5 Å². The predicted molar refractivity (Wildman–Crippen MR) is 136 cm³/mol. The molecule has 10 heteroatoms. The van der Waals surface area contributed by atoms with Crippen molar-refractivity contribution >= 4 is 40.4 Å². The number of nitrogens with zero attached hydrogens (tertiary/aromatic N) is 4. The van der Waals surface area contributed by atoms with Crippen molar-refractivity contribution in [3.05, 3.63) is 53.1 Å². The lowest BCUT2D eigenvalue weighted by molar-refractivity contribution is 0.171. The summed E-state index contributed by atoms with van der Waals surface area (Å²) < 4.78 is 18.5. The van der Waals surface area contributed by atoms with Gasteiger partial charge in [0, 0.05) is 18.8 Å². The number of nitrogens with one attached hydrogen (secondary N) is 1. The van der Waals surface area contributed by atoms with E-state index in [1.807, 2.05) is 49.5 Å². The molecule has 0 saturated heterocycles. The van der Waals surface area contributed by atoms with Gasteiger partial charge in [0.2, 0.25) is 5.88 Å². The molecule has 0 fully saturated rings. The number of hydrogen-bond donors (Lipinski definition) is 2. The first-order valence-corrected chi connectivity index (χ1v) is 11.4. The standard InChI is InChI=1S/C25H24ClN5O4/c1-31-19-12-16(14-27-8-9-32)25(33-2)29-23(19)24(30-31)28-18-5-3-4-17(22(18)26)15-6-7-20-21(13-15)35-11-10-34-20/h3-7,12-14,32H,8-11H2,1-2H3,(H,28,30). The Balaban J connectivity index is 1.51. The SMILES string of the molecule is COc1nc2c(Nc3cccc(-c4ccc5c(c4)OCCO5)c3Cl)nn(C)c2cc1C=NCCO. The fraction of sp³-hybridized carbons (Fsp3) is 0.240. The lowest BCUT2D eigenvalue weighted by Gasteiger charge is -2.19. The van der Waals surface area contributed by atoms with Crippen LogP contribution in [0.3, 0.4) is 0 Å². The Morgan fingerprint density at radius 1 is 1.20 bits per heavy atom. The summed E-state index contributed by atoms with van der Waals surface area (Å²) in [5.74, 6) is 2.38. The first-order valence-electron chi connectivity index (χ1n) is 11.1. The van der Waals surface area contributed by atoms with Gasteiger partial charge in [-0.15, -0.1) is 0 Å². The molecular formula is C25H24ClN5O4. The molecule has 0 spiro atoms. The Morgan fingerprint density at radius 3 is 2.83 bits per heavy atom. The Kier molecular flexibility index (Phi) is 6.43. The van der Waals surface area contributed by atoms with Gasteiger partial charge in [0.05, 0.1) is 42.1 Å². The molecule has 0 unspecified atom stereocenters. The first-order chi connectivity index (χ1) is 17.1. The number of hydrogen-bond acceptors (Lipinski definition) is 8. The normalized spacial score (nSPS) is 12.9. The molecule has 1 aliphatic heterocycles. The quantitative estimate of drug-likeness (QED) is 0.371. The smallest absolute Gasteiger partial charge is 0.222 e. The zero-order chi connectivity index (χ0) is 24.4. The summed E-state index contributed by atoms with van der Waals surface area (Å²) in [5, 5.41) is 17.5. The van der Waals surface area contributed by atoms with E-state index in [9.17, 15) is 0 Å². The predicted octanol–water partition coefficient (Wildman–Crippen LogP) is 4.22. The van der Waals surface area contributed by atoms with Crippen molar-refractivity contribution in [2.45, 2.75) is 0 Å². The molecule has 0 radical (unpaired) electrons. The van der Waals surface area contributed by atoms with Crippen LogP contribution >= 0.6 is 11.6 Å². The molecule has 3 heterocycles. The van der Waals surface area contributed by atoms with E-state index in [-0.39, 0.29) is 6.61 Å². The molecule has 4 aromatic rings. The first kappa shape index (κ1) is 22.9. The van der Waals surface area contributed by atoms with Crippen molar-refractivity contribution in [2.24, 2.45) is 12.0 Å². The van der Waals surface area contributed by atoms with Crippen molar-refractivity contribution in [3.8, 4) is 28.5 Å². The van der Waals surface area contributed by atoms with Crippen LogP contribution in [0.1, 0.15) is 5.56 Å². The molecule has 0 atom stereocenters. The summed E-state index contributed by atoms with van der Waals surface area (Å²) in [6.07, 6.45) is 1.63. The van der Waals surface area contributed by atoms with Gasteiger partial charge in [-0.05, 0) is 29.8 Å². The summed E-state index contributed by atoms with van der Waals surface area (Å²) in [5.41, 5.74) is 4.57. The second kappa shape index (κ2) is 9.81. The number of pyridine rings is 1. The maximum Gasteiger partial charge on any atom is 0.222 e. The van der Waals surface area contributed by atoms with Gasteiger partial charge < -0.3 is 24.6 Å². The number of ether oxygens (including phenoxy) is 3. The molecular weight excluding hydrogens is 470 g/mol. The van der Waals surface area contributed by atoms with Crippen LogP contribution in [0.25, 0.3) is 22.2 Å². The molecule has 0 bridgehead atoms. The summed E-state index contributed by atoms with van der Waals surface area (Å²) >= 11 is 6.84. The highest BCUT2D eigenvalue weighted by Gasteiger charge is 2.18. The van der Waals surface area contributed by atoms with Gasteiger partial charge in [-0.3, -0.25) is 9.67 Å². The van der Waals surface area contributed by atoms with Gasteiger partial charge in [-0.2, -0.15) is 5.10 Å². The summed E-state index contributed by atoms with van der Waals surface area (Å²) in [6, 6.07) is 13.4. The number of aliphatic imine (C=N–C) groups is 1. The van der Waals surface area contributed by atoms with Crippen molar-refractivity contribution < 1.29 is 19.3 Å². The van der Waals surface area contributed by atoms with Gasteiger partial charge >= 0.3 is 0 Å². The molecule has 1 aliphatic rings. The zero-order valence-corrected chi connectivity index (χ0v) is 20.0. The lowest BCUT2D eigenvalue weighted by Crippen LogP contribution is -2.15. The summed E-state index contributed by atoms with van der Waals surface area (Å²) in [6.45, 7) is 1.34. The molecule has 0 amide bonds. The van der Waals surface area contributed by atoms with Gasteiger partial charge in [-0.1, -0.05) is 29.8 Å². The van der Waals surface area contributed by atoms with Gasteiger partial charge in [-0.25, -0.2) is 4.98 Å². The van der Waals surface area contributed by atoms with E-state index in [4.69, 9.17) is 30.9 Å². The highest BCUT2D eigenvalue weighted by Crippen LogP contribution is 2.40. The number of aromatic nitrogens is 3. The number of fused-ring (bicyclic) bond motifs is 2. The molecule has 0 saturated carbocycles. The van der Waals surface area contributed by atoms with E-state index in [1.54, 1.807) is 18.0 Å². The molecule has 0 aliphatic carbocycles. The summed E-state index contributed by atoms with van der Waals surface area (Å²) in [4.78, 5) is 8.83. The third-order valence-corrected chi connectivity index (χ3v) is 5.98. The summed E-state index contributed by atoms with van der Waals surface area (Å²) in [7, 11) is 3.39. The van der Waals surface area contributed by atoms with Crippen LogP contribution in [-0.4, -0.2) is 59.6 Å². The lowest BCUT2D eigenvalue weighted by atomic mass is 10.0. The van der Waals surface area contributed by atoms with E-state index in [0.717, 1.165) is 22.4 Å². The fourth-order valence-corrected chi connectivity index (χ4v) is 4.21. The largest absolute Gasteiger partial charge is 0.486 e. The van der Waals surface area contributed by atoms with E-state index in [0.29, 0.717) is 59.0 Å². The van der Waals surface area contributed by atoms with Crippen LogP contribution < -0.4 is 19.5 Å². The van der Waals surface area contributed by atoms with Crippen LogP contribution in [0.15, 0.2) is 47.5 Å². The molecule has 2 aromatic carbocycles. The second-order valence-electron chi connectivity index (χ2n) is 7.84. The van der Waals surface area contributed by atoms with Crippen molar-refractivity contribution in [2.75, 3.05) is 38.8 Å². The average Bonchev–Trinajstić information content (AvgIpc) is 3.18. The minimum absolute atomic E-state index is 0.0274. The maximum absolute atomic E-state index is 8.99. The number of aliphatic hydroxyl groups excluding tert-OH is 1. The molecule has 35 heavy (non-hydrogen) atoms. The van der Waals surface area contributed by atoms with E-state index in [1.165, 1.54) is 0 Å². The number of aryl methyl sites for hydroxylation is 1. The van der Waals surface area contributed by atoms with Crippen LogP contribution in [0.2, 0.25) is 5.02 Å². The van der Waals surface area contributed by atoms with Gasteiger partial charge in [0.1, 0.15) is 18.7 Å². The zero-order valence-electron chi connectivity index (χ0n) is 19.3. The topological polar surface area (TPSA) is 103 Å². The molecule has 5 rings (SSSR count). The minimum Gasteiger partial charge on any atom is -0.486 e. The Labute approximate surface area is 206 Å². The third kappa shape index (κ3) is 4.48. The maximum atomic E-state index is 8.99. The second-order valence-corrected chi connectivity index (χ2v) is 8.21. The Bertz CT molecular complexity index is 1420. The molecule has 2 N–H and O–H groups in total. The van der Waals surface area contributed by atoms with E-state index < -0.39 is 0 Å². The van der Waals surface area contributed by atoms with Crippen LogP contribution in [0, 0.1) is 0 Å². The number of benzene rings is 2. The number of anilines is 2. The van der Waals surface area contributed by atoms with Crippen molar-refractivity contribution in [1.82, 2.24) is 14.8 Å². The van der Waals surface area contributed by atoms with Crippen molar-refractivity contribution in [1.29, 1.82) is 0 Å². The van der Waals surface area contributed by atoms with Crippen molar-refractivity contribution in [3.63, 3.8) is 0 Å². The number of halogens is 1. The van der Waals surface area contributed by atoms with Crippen LogP contribution in [-0.2, 0) is 7.05 Å². The molecule has 2 aromatic heterocycles. The Morgan fingerprint density at radius 2 is 2.03 bits per heavy atom. The highest BCUT2D eigenvalue weighted by atomic mass is 35.5. The molecule has 180 valence electrons. The average molecular weight is 494 g/mol. The number of methoxy groups -OCH3 is 1.